The number of aryl methyl sites for hydroxylation is 2. The van der Waals surface area contributed by atoms with Crippen LogP contribution in [0.3, 0.4) is 0 Å². The molecule has 0 saturated heterocycles. The molecule has 0 aromatic heterocycles. The number of hydrogen-bond donors (Lipinski definition) is 0. The standard InChI is InChI=1S/C11H12O2/c1-7-4-8(2)11(9(3)13)10(5-7)6-12/h4-6H,1-3H3. The number of carbonyl (C=O) groups is 2. The predicted molar refractivity (Wildman–Crippen MR) is 51.3 cm³/mol. The molecule has 0 aliphatic rings. The normalized spacial score (nSPS) is 9.77. The quantitative estimate of drug-likeness (QED) is 0.512. The Hall–Kier alpha value is -1.44. The fourth-order valence-corrected chi connectivity index (χ4v) is 1.57. The molecule has 1 rings (SSSR count). The van der Waals surface area contributed by atoms with Crippen molar-refractivity contribution in [1.29, 1.82) is 0 Å². The Bertz CT molecular complexity index is 365. The second kappa shape index (κ2) is 3.52. The van der Waals surface area contributed by atoms with Crippen molar-refractivity contribution in [2.45, 2.75) is 20.8 Å². The summed E-state index contributed by atoms with van der Waals surface area (Å²) in [6.45, 7) is 5.23. The van der Waals surface area contributed by atoms with E-state index in [0.29, 0.717) is 11.1 Å². The third-order valence-corrected chi connectivity index (χ3v) is 1.99. The van der Waals surface area contributed by atoms with Crippen LogP contribution < -0.4 is 0 Å². The van der Waals surface area contributed by atoms with E-state index in [1.807, 2.05) is 19.9 Å². The molecule has 0 saturated carbocycles. The van der Waals surface area contributed by atoms with Crippen molar-refractivity contribution in [3.8, 4) is 0 Å². The highest BCUT2D eigenvalue weighted by Gasteiger charge is 2.09. The molecule has 2 heteroatoms. The molecular weight excluding hydrogens is 164 g/mol. The van der Waals surface area contributed by atoms with Gasteiger partial charge in [-0.1, -0.05) is 11.6 Å². The zero-order chi connectivity index (χ0) is 10.0. The Kier molecular flexibility index (Phi) is 2.61. The first-order chi connectivity index (χ1) is 6.06. The SMILES string of the molecule is CC(=O)c1c(C)cc(C)cc1C=O. The number of hydrogen-bond acceptors (Lipinski definition) is 2. The Morgan fingerprint density at radius 1 is 1.31 bits per heavy atom. The van der Waals surface area contributed by atoms with Crippen molar-refractivity contribution in [3.63, 3.8) is 0 Å². The van der Waals surface area contributed by atoms with Crippen molar-refractivity contribution in [3.05, 3.63) is 34.4 Å². The van der Waals surface area contributed by atoms with Crippen molar-refractivity contribution in [2.24, 2.45) is 0 Å². The van der Waals surface area contributed by atoms with E-state index in [9.17, 15) is 9.59 Å². The molecule has 0 unspecified atom stereocenters. The summed E-state index contributed by atoms with van der Waals surface area (Å²) in [6, 6.07) is 3.64. The number of ketones is 1. The monoisotopic (exact) mass is 176 g/mol. The maximum atomic E-state index is 11.2. The number of benzene rings is 1. The molecule has 68 valence electrons. The lowest BCUT2D eigenvalue weighted by molar-refractivity contribution is 0.100. The third-order valence-electron chi connectivity index (χ3n) is 1.99. The van der Waals surface area contributed by atoms with Crippen LogP contribution in [0.25, 0.3) is 0 Å². The summed E-state index contributed by atoms with van der Waals surface area (Å²) in [4.78, 5) is 21.9. The zero-order valence-electron chi connectivity index (χ0n) is 8.05. The number of aldehydes is 1. The van der Waals surface area contributed by atoms with E-state index in [-0.39, 0.29) is 5.78 Å². The molecule has 1 aromatic rings. The molecule has 0 aliphatic carbocycles. The van der Waals surface area contributed by atoms with Crippen LogP contribution >= 0.6 is 0 Å². The molecule has 0 fully saturated rings. The largest absolute Gasteiger partial charge is 0.298 e. The average molecular weight is 176 g/mol. The van der Waals surface area contributed by atoms with Gasteiger partial charge >= 0.3 is 0 Å². The topological polar surface area (TPSA) is 34.1 Å². The third kappa shape index (κ3) is 1.83. The van der Waals surface area contributed by atoms with Gasteiger partial charge in [0.05, 0.1) is 0 Å². The fourth-order valence-electron chi connectivity index (χ4n) is 1.57. The van der Waals surface area contributed by atoms with Crippen LogP contribution in [-0.4, -0.2) is 12.1 Å². The van der Waals surface area contributed by atoms with Crippen LogP contribution in [0.15, 0.2) is 12.1 Å². The van der Waals surface area contributed by atoms with Gasteiger partial charge in [0.2, 0.25) is 0 Å². The molecule has 0 heterocycles. The summed E-state index contributed by atoms with van der Waals surface area (Å²) in [5.74, 6) is -0.0559. The second-order valence-corrected chi connectivity index (χ2v) is 3.22. The van der Waals surface area contributed by atoms with Crippen molar-refractivity contribution < 1.29 is 9.59 Å². The van der Waals surface area contributed by atoms with E-state index < -0.39 is 0 Å². The highest BCUT2D eigenvalue weighted by molar-refractivity contribution is 6.02. The van der Waals surface area contributed by atoms with Crippen molar-refractivity contribution >= 4 is 12.1 Å². The Labute approximate surface area is 77.6 Å². The Morgan fingerprint density at radius 2 is 1.92 bits per heavy atom. The molecule has 2 nitrogen and oxygen atoms in total. The van der Waals surface area contributed by atoms with E-state index in [1.54, 1.807) is 6.07 Å². The van der Waals surface area contributed by atoms with Gasteiger partial charge in [-0.05, 0) is 32.4 Å². The first-order valence-electron chi connectivity index (χ1n) is 4.13. The first-order valence-corrected chi connectivity index (χ1v) is 4.13. The zero-order valence-corrected chi connectivity index (χ0v) is 8.05. The smallest absolute Gasteiger partial charge is 0.160 e. The summed E-state index contributed by atoms with van der Waals surface area (Å²) >= 11 is 0. The van der Waals surface area contributed by atoms with Crippen LogP contribution in [-0.2, 0) is 0 Å². The van der Waals surface area contributed by atoms with Gasteiger partial charge in [0.25, 0.3) is 0 Å². The van der Waals surface area contributed by atoms with Crippen molar-refractivity contribution in [2.75, 3.05) is 0 Å². The molecule has 0 aliphatic heterocycles. The molecule has 13 heavy (non-hydrogen) atoms. The van der Waals surface area contributed by atoms with Crippen LogP contribution in [0, 0.1) is 13.8 Å². The minimum atomic E-state index is -0.0559. The summed E-state index contributed by atoms with van der Waals surface area (Å²) in [5.41, 5.74) is 2.91. The van der Waals surface area contributed by atoms with Gasteiger partial charge in [-0.15, -0.1) is 0 Å². The number of Topliss-reactive ketones (excluding diaryl/α,β-unsaturated/α-hetero) is 1. The van der Waals surface area contributed by atoms with Gasteiger partial charge in [-0.3, -0.25) is 9.59 Å². The van der Waals surface area contributed by atoms with Gasteiger partial charge < -0.3 is 0 Å². The van der Waals surface area contributed by atoms with E-state index in [2.05, 4.69) is 0 Å². The van der Waals surface area contributed by atoms with Crippen LogP contribution in [0.4, 0.5) is 0 Å². The molecule has 0 amide bonds. The Balaban J connectivity index is 3.47. The molecule has 0 bridgehead atoms. The van der Waals surface area contributed by atoms with Gasteiger partial charge in [0.15, 0.2) is 12.1 Å². The summed E-state index contributed by atoms with van der Waals surface area (Å²) in [5, 5.41) is 0. The summed E-state index contributed by atoms with van der Waals surface area (Å²) in [7, 11) is 0. The molecular formula is C11H12O2. The average Bonchev–Trinajstić information content (AvgIpc) is 2.01. The fraction of sp³-hybridized carbons (Fsp3) is 0.273. The Morgan fingerprint density at radius 3 is 2.38 bits per heavy atom. The van der Waals surface area contributed by atoms with E-state index in [0.717, 1.165) is 17.4 Å². The second-order valence-electron chi connectivity index (χ2n) is 3.22. The predicted octanol–water partition coefficient (Wildman–Crippen LogP) is 2.32. The molecule has 1 aromatic carbocycles. The minimum Gasteiger partial charge on any atom is -0.298 e. The van der Waals surface area contributed by atoms with Gasteiger partial charge in [-0.2, -0.15) is 0 Å². The molecule has 0 N–H and O–H groups in total. The highest BCUT2D eigenvalue weighted by Crippen LogP contribution is 2.15. The molecule has 0 atom stereocenters. The lowest BCUT2D eigenvalue weighted by Gasteiger charge is -2.06. The number of rotatable bonds is 2. The lowest BCUT2D eigenvalue weighted by Crippen LogP contribution is -2.02. The number of carbonyl (C=O) groups excluding carboxylic acids is 2. The van der Waals surface area contributed by atoms with Crippen LogP contribution in [0.5, 0.6) is 0 Å². The van der Waals surface area contributed by atoms with E-state index in [4.69, 9.17) is 0 Å². The van der Waals surface area contributed by atoms with Crippen molar-refractivity contribution in [1.82, 2.24) is 0 Å². The van der Waals surface area contributed by atoms with Gasteiger partial charge in [-0.25, -0.2) is 0 Å². The molecule has 0 radical (unpaired) electrons. The summed E-state index contributed by atoms with van der Waals surface area (Å²) in [6.07, 6.45) is 0.733. The van der Waals surface area contributed by atoms with E-state index >= 15 is 0 Å². The van der Waals surface area contributed by atoms with Crippen LogP contribution in [0.2, 0.25) is 0 Å². The minimum absolute atomic E-state index is 0.0559. The van der Waals surface area contributed by atoms with Crippen LogP contribution in [0.1, 0.15) is 38.8 Å². The first kappa shape index (κ1) is 9.65. The maximum Gasteiger partial charge on any atom is 0.160 e. The van der Waals surface area contributed by atoms with Gasteiger partial charge in [0, 0.05) is 11.1 Å². The van der Waals surface area contributed by atoms with Gasteiger partial charge in [0.1, 0.15) is 0 Å². The highest BCUT2D eigenvalue weighted by atomic mass is 16.1. The molecule has 0 spiro atoms. The summed E-state index contributed by atoms with van der Waals surface area (Å²) < 4.78 is 0. The maximum absolute atomic E-state index is 11.2. The van der Waals surface area contributed by atoms with E-state index in [1.165, 1.54) is 6.92 Å². The lowest BCUT2D eigenvalue weighted by atomic mass is 9.97.